The average Bonchev–Trinajstić information content (AvgIpc) is 2.64. The second-order valence-corrected chi connectivity index (χ2v) is 6.68. The Kier molecular flexibility index (Phi) is 5.26. The van der Waals surface area contributed by atoms with E-state index in [0.29, 0.717) is 17.9 Å². The van der Waals surface area contributed by atoms with Crippen LogP contribution in [0.15, 0.2) is 48.2 Å². The summed E-state index contributed by atoms with van der Waals surface area (Å²) in [6.45, 7) is 3.24. The molecule has 0 radical (unpaired) electrons. The molecule has 0 bridgehead atoms. The summed E-state index contributed by atoms with van der Waals surface area (Å²) < 4.78 is 39.5. The fourth-order valence-electron chi connectivity index (χ4n) is 3.22. The number of hydrogen-bond donors (Lipinski definition) is 2. The van der Waals surface area contributed by atoms with Crippen molar-refractivity contribution in [2.45, 2.75) is 32.5 Å². The fraction of sp³-hybridized carbons (Fsp3) is 0.316. The molecular weight excluding hydrogens is 371 g/mol. The molecular formula is C19H20F3N5O. The summed E-state index contributed by atoms with van der Waals surface area (Å²) in [5, 5.41) is 3.09. The summed E-state index contributed by atoms with van der Waals surface area (Å²) in [5.74, 6) is 0.0544. The SMILES string of the molecule is Cc1c(C(=O)N2CC(N)=C(Nc3cnccn3)CC2C)cccc1C(F)(F)F. The molecule has 148 valence electrons. The summed E-state index contributed by atoms with van der Waals surface area (Å²) in [6.07, 6.45) is 0.545. The van der Waals surface area contributed by atoms with Crippen molar-refractivity contribution in [3.8, 4) is 0 Å². The molecule has 1 aromatic heterocycles. The minimum Gasteiger partial charge on any atom is -0.399 e. The molecule has 2 heterocycles. The predicted octanol–water partition coefficient (Wildman–Crippen LogP) is 3.32. The van der Waals surface area contributed by atoms with Gasteiger partial charge in [0, 0.05) is 41.8 Å². The number of nitrogens with zero attached hydrogens (tertiary/aromatic N) is 3. The van der Waals surface area contributed by atoms with Gasteiger partial charge in [0.15, 0.2) is 0 Å². The zero-order valence-electron chi connectivity index (χ0n) is 15.4. The number of alkyl halides is 3. The number of benzene rings is 1. The van der Waals surface area contributed by atoms with Gasteiger partial charge in [0.2, 0.25) is 0 Å². The molecule has 1 aromatic carbocycles. The highest BCUT2D eigenvalue weighted by Crippen LogP contribution is 2.34. The first kappa shape index (κ1) is 19.7. The quantitative estimate of drug-likeness (QED) is 0.839. The van der Waals surface area contributed by atoms with E-state index in [1.807, 2.05) is 6.92 Å². The van der Waals surface area contributed by atoms with Gasteiger partial charge in [0.1, 0.15) is 5.82 Å². The largest absolute Gasteiger partial charge is 0.416 e. The van der Waals surface area contributed by atoms with E-state index in [9.17, 15) is 18.0 Å². The Morgan fingerprint density at radius 1 is 1.32 bits per heavy atom. The number of aromatic nitrogens is 2. The number of anilines is 1. The molecule has 28 heavy (non-hydrogen) atoms. The van der Waals surface area contributed by atoms with E-state index >= 15 is 0 Å². The van der Waals surface area contributed by atoms with Gasteiger partial charge in [-0.15, -0.1) is 0 Å². The normalized spacial score (nSPS) is 17.6. The third-order valence-corrected chi connectivity index (χ3v) is 4.73. The van der Waals surface area contributed by atoms with E-state index in [1.54, 1.807) is 12.4 Å². The first-order valence-corrected chi connectivity index (χ1v) is 8.66. The second-order valence-electron chi connectivity index (χ2n) is 6.68. The highest BCUT2D eigenvalue weighted by molar-refractivity contribution is 5.96. The summed E-state index contributed by atoms with van der Waals surface area (Å²) >= 11 is 0. The maximum Gasteiger partial charge on any atom is 0.416 e. The number of carbonyl (C=O) groups is 1. The van der Waals surface area contributed by atoms with Crippen LogP contribution in [0.25, 0.3) is 0 Å². The van der Waals surface area contributed by atoms with Crippen LogP contribution in [0.2, 0.25) is 0 Å². The molecule has 0 fully saturated rings. The summed E-state index contributed by atoms with van der Waals surface area (Å²) in [5.41, 5.74) is 6.41. The van der Waals surface area contributed by atoms with Crippen LogP contribution in [0.1, 0.15) is 34.8 Å². The number of halogens is 3. The summed E-state index contributed by atoms with van der Waals surface area (Å²) in [6, 6.07) is 3.38. The Hall–Kier alpha value is -3.10. The van der Waals surface area contributed by atoms with Crippen molar-refractivity contribution in [1.82, 2.24) is 14.9 Å². The lowest BCUT2D eigenvalue weighted by molar-refractivity contribution is -0.138. The molecule has 0 saturated carbocycles. The van der Waals surface area contributed by atoms with Gasteiger partial charge in [-0.1, -0.05) is 6.07 Å². The first-order valence-electron chi connectivity index (χ1n) is 8.66. The van der Waals surface area contributed by atoms with Gasteiger partial charge in [0.05, 0.1) is 18.3 Å². The third-order valence-electron chi connectivity index (χ3n) is 4.73. The van der Waals surface area contributed by atoms with Crippen LogP contribution in [0.3, 0.4) is 0 Å². The molecule has 2 aromatic rings. The van der Waals surface area contributed by atoms with Gasteiger partial charge >= 0.3 is 6.18 Å². The number of nitrogens with one attached hydrogen (secondary N) is 1. The van der Waals surface area contributed by atoms with E-state index in [1.165, 1.54) is 30.2 Å². The number of nitrogens with two attached hydrogens (primary N) is 1. The minimum atomic E-state index is -4.51. The first-order chi connectivity index (χ1) is 13.2. The van der Waals surface area contributed by atoms with Crippen LogP contribution in [-0.4, -0.2) is 33.4 Å². The van der Waals surface area contributed by atoms with Crippen LogP contribution < -0.4 is 11.1 Å². The lowest BCUT2D eigenvalue weighted by Gasteiger charge is -2.36. The van der Waals surface area contributed by atoms with E-state index in [2.05, 4.69) is 15.3 Å². The third kappa shape index (κ3) is 3.92. The molecule has 9 heteroatoms. The Morgan fingerprint density at radius 3 is 2.71 bits per heavy atom. The van der Waals surface area contributed by atoms with Crippen molar-refractivity contribution in [2.24, 2.45) is 5.73 Å². The molecule has 3 N–H and O–H groups in total. The Morgan fingerprint density at radius 2 is 2.07 bits per heavy atom. The van der Waals surface area contributed by atoms with Gasteiger partial charge < -0.3 is 16.0 Å². The number of rotatable bonds is 3. The van der Waals surface area contributed by atoms with E-state index in [0.717, 1.165) is 11.8 Å². The molecule has 1 amide bonds. The predicted molar refractivity (Wildman–Crippen MR) is 98.2 cm³/mol. The highest BCUT2D eigenvalue weighted by Gasteiger charge is 2.35. The molecule has 1 atom stereocenters. The van der Waals surface area contributed by atoms with Crippen LogP contribution >= 0.6 is 0 Å². The van der Waals surface area contributed by atoms with Gasteiger partial charge in [-0.25, -0.2) is 4.98 Å². The van der Waals surface area contributed by atoms with Gasteiger partial charge in [-0.2, -0.15) is 13.2 Å². The van der Waals surface area contributed by atoms with E-state index in [-0.39, 0.29) is 23.7 Å². The monoisotopic (exact) mass is 391 g/mol. The van der Waals surface area contributed by atoms with E-state index in [4.69, 9.17) is 5.73 Å². The lowest BCUT2D eigenvalue weighted by Crippen LogP contribution is -2.45. The van der Waals surface area contributed by atoms with Crippen molar-refractivity contribution < 1.29 is 18.0 Å². The summed E-state index contributed by atoms with van der Waals surface area (Å²) in [4.78, 5) is 22.5. The molecule has 1 aliphatic heterocycles. The average molecular weight is 391 g/mol. The molecule has 0 aliphatic carbocycles. The fourth-order valence-corrected chi connectivity index (χ4v) is 3.22. The van der Waals surface area contributed by atoms with Crippen LogP contribution in [-0.2, 0) is 6.18 Å². The van der Waals surface area contributed by atoms with Crippen LogP contribution in [0.5, 0.6) is 0 Å². The van der Waals surface area contributed by atoms with Crippen molar-refractivity contribution in [2.75, 3.05) is 11.9 Å². The maximum atomic E-state index is 13.2. The molecule has 0 saturated heterocycles. The Balaban J connectivity index is 1.85. The zero-order chi connectivity index (χ0) is 20.5. The highest BCUT2D eigenvalue weighted by atomic mass is 19.4. The molecule has 0 spiro atoms. The van der Waals surface area contributed by atoms with Crippen molar-refractivity contribution in [3.63, 3.8) is 0 Å². The van der Waals surface area contributed by atoms with Gasteiger partial charge in [-0.3, -0.25) is 9.78 Å². The van der Waals surface area contributed by atoms with Crippen LogP contribution in [0, 0.1) is 6.92 Å². The standard InChI is InChI=1S/C19H20F3N5O/c1-11-8-16(26-17-9-24-6-7-25-17)15(23)10-27(11)18(28)13-4-3-5-14(12(13)2)19(20,21)22/h3-7,9,11H,8,10,23H2,1-2H3,(H,25,26). The topological polar surface area (TPSA) is 84.1 Å². The zero-order valence-corrected chi connectivity index (χ0v) is 15.4. The number of hydrogen-bond acceptors (Lipinski definition) is 5. The molecule has 3 rings (SSSR count). The lowest BCUT2D eigenvalue weighted by atomic mass is 9.98. The number of amides is 1. The molecule has 1 aliphatic rings. The van der Waals surface area contributed by atoms with E-state index < -0.39 is 17.6 Å². The summed E-state index contributed by atoms with van der Waals surface area (Å²) in [7, 11) is 0. The smallest absolute Gasteiger partial charge is 0.399 e. The van der Waals surface area contributed by atoms with Gasteiger partial charge in [0.25, 0.3) is 5.91 Å². The van der Waals surface area contributed by atoms with Crippen molar-refractivity contribution >= 4 is 11.7 Å². The second kappa shape index (κ2) is 7.49. The minimum absolute atomic E-state index is 0.0276. The van der Waals surface area contributed by atoms with Crippen molar-refractivity contribution in [1.29, 1.82) is 0 Å². The van der Waals surface area contributed by atoms with Gasteiger partial charge in [-0.05, 0) is 31.5 Å². The van der Waals surface area contributed by atoms with Crippen LogP contribution in [0.4, 0.5) is 19.0 Å². The Labute approximate surface area is 160 Å². The van der Waals surface area contributed by atoms with Crippen molar-refractivity contribution in [3.05, 3.63) is 64.9 Å². The number of carbonyl (C=O) groups excluding carboxylic acids is 1. The molecule has 6 nitrogen and oxygen atoms in total. The molecule has 1 unspecified atom stereocenters. The maximum absolute atomic E-state index is 13.2. The Bertz CT molecular complexity index is 912.